The van der Waals surface area contributed by atoms with Crippen LogP contribution in [0.15, 0.2) is 56.7 Å². The summed E-state index contributed by atoms with van der Waals surface area (Å²) in [6.07, 6.45) is 1.66. The lowest BCUT2D eigenvalue weighted by Gasteiger charge is -2.12. The molecule has 1 heterocycles. The molecular weight excluding hydrogens is 424 g/mol. The van der Waals surface area contributed by atoms with Gasteiger partial charge in [0.25, 0.3) is 15.9 Å². The van der Waals surface area contributed by atoms with Crippen molar-refractivity contribution in [2.45, 2.75) is 18.7 Å². The molecule has 1 aliphatic heterocycles. The maximum absolute atomic E-state index is 12.8. The molecule has 0 saturated carbocycles. The van der Waals surface area contributed by atoms with Gasteiger partial charge < -0.3 is 9.47 Å². The number of amidine groups is 1. The number of methoxy groups -OCH3 is 2. The molecule has 0 radical (unpaired) electrons. The second-order valence-electron chi connectivity index (χ2n) is 6.43. The Balaban J connectivity index is 1.98. The smallest absolute Gasteiger partial charge is 0.284 e. The molecular formula is C21H22N2O5S2. The van der Waals surface area contributed by atoms with Crippen LogP contribution >= 0.6 is 11.8 Å². The van der Waals surface area contributed by atoms with Crippen LogP contribution in [-0.4, -0.2) is 45.2 Å². The number of benzene rings is 2. The molecule has 0 bridgehead atoms. The van der Waals surface area contributed by atoms with Crippen LogP contribution in [0.25, 0.3) is 6.08 Å². The first-order chi connectivity index (χ1) is 14.3. The van der Waals surface area contributed by atoms with Gasteiger partial charge in [0.1, 0.15) is 11.5 Å². The third-order valence-electron chi connectivity index (χ3n) is 4.45. The van der Waals surface area contributed by atoms with Gasteiger partial charge in [-0.1, -0.05) is 17.7 Å². The standard InChI is InChI=1S/C21H22N2O5S2/c1-5-23-20(24)19(12-15-8-9-16(27-3)13-18(15)28-4)29-21(23)22-30(25,26)17-10-6-14(2)7-11-17/h6-13H,5H2,1-4H3. The predicted molar refractivity (Wildman–Crippen MR) is 118 cm³/mol. The summed E-state index contributed by atoms with van der Waals surface area (Å²) in [6, 6.07) is 11.7. The lowest BCUT2D eigenvalue weighted by atomic mass is 10.1. The number of amides is 1. The van der Waals surface area contributed by atoms with Gasteiger partial charge in [-0.3, -0.25) is 9.69 Å². The van der Waals surface area contributed by atoms with E-state index in [2.05, 4.69) is 4.40 Å². The number of thioether (sulfide) groups is 1. The molecule has 0 aliphatic carbocycles. The SMILES string of the molecule is CCN1C(=O)C(=Cc2ccc(OC)cc2OC)SC1=NS(=O)(=O)c1ccc(C)cc1. The zero-order chi connectivity index (χ0) is 21.9. The van der Waals surface area contributed by atoms with Crippen LogP contribution in [0.1, 0.15) is 18.1 Å². The van der Waals surface area contributed by atoms with Crippen molar-refractivity contribution >= 4 is 38.9 Å². The molecule has 30 heavy (non-hydrogen) atoms. The van der Waals surface area contributed by atoms with Crippen LogP contribution in [-0.2, 0) is 14.8 Å². The van der Waals surface area contributed by atoms with Crippen molar-refractivity contribution in [3.63, 3.8) is 0 Å². The van der Waals surface area contributed by atoms with Crippen molar-refractivity contribution in [3.8, 4) is 11.5 Å². The summed E-state index contributed by atoms with van der Waals surface area (Å²) in [7, 11) is -0.857. The van der Waals surface area contributed by atoms with Crippen LogP contribution in [0.3, 0.4) is 0 Å². The number of hydrogen-bond acceptors (Lipinski definition) is 6. The molecule has 1 aliphatic rings. The molecule has 9 heteroatoms. The number of likely N-dealkylation sites (N-methyl/N-ethyl adjacent to an activating group) is 1. The first kappa shape index (κ1) is 21.9. The Kier molecular flexibility index (Phi) is 6.52. The van der Waals surface area contributed by atoms with E-state index in [1.165, 1.54) is 24.1 Å². The minimum absolute atomic E-state index is 0.0824. The van der Waals surface area contributed by atoms with E-state index in [-0.39, 0.29) is 16.0 Å². The molecule has 7 nitrogen and oxygen atoms in total. The molecule has 0 spiro atoms. The molecule has 3 rings (SSSR count). The van der Waals surface area contributed by atoms with E-state index in [0.717, 1.165) is 17.3 Å². The van der Waals surface area contributed by atoms with E-state index in [1.54, 1.807) is 50.4 Å². The fraction of sp³-hybridized carbons (Fsp3) is 0.238. The van der Waals surface area contributed by atoms with Gasteiger partial charge in [-0.25, -0.2) is 0 Å². The van der Waals surface area contributed by atoms with Crippen molar-refractivity contribution in [3.05, 3.63) is 58.5 Å². The molecule has 1 amide bonds. The number of aryl methyl sites for hydroxylation is 1. The van der Waals surface area contributed by atoms with Gasteiger partial charge >= 0.3 is 0 Å². The van der Waals surface area contributed by atoms with Crippen molar-refractivity contribution in [2.24, 2.45) is 4.40 Å². The van der Waals surface area contributed by atoms with Crippen LogP contribution in [0.4, 0.5) is 0 Å². The molecule has 2 aromatic carbocycles. The predicted octanol–water partition coefficient (Wildman–Crippen LogP) is 3.69. The van der Waals surface area contributed by atoms with Gasteiger partial charge in [0.05, 0.1) is 24.0 Å². The summed E-state index contributed by atoms with van der Waals surface area (Å²) in [6.45, 7) is 3.94. The number of carbonyl (C=O) groups excluding carboxylic acids is 1. The topological polar surface area (TPSA) is 85.3 Å². The molecule has 1 saturated heterocycles. The number of ether oxygens (including phenoxy) is 2. The highest BCUT2D eigenvalue weighted by atomic mass is 32.2. The number of hydrogen-bond donors (Lipinski definition) is 0. The Morgan fingerprint density at radius 3 is 2.40 bits per heavy atom. The number of rotatable bonds is 6. The molecule has 0 aromatic heterocycles. The average Bonchev–Trinajstić information content (AvgIpc) is 3.01. The Hall–Kier alpha value is -2.78. The summed E-state index contributed by atoms with van der Waals surface area (Å²) >= 11 is 1.02. The zero-order valence-corrected chi connectivity index (χ0v) is 18.7. The second kappa shape index (κ2) is 8.93. The van der Waals surface area contributed by atoms with Gasteiger partial charge in [0.2, 0.25) is 0 Å². The van der Waals surface area contributed by atoms with E-state index < -0.39 is 10.0 Å². The van der Waals surface area contributed by atoms with E-state index >= 15 is 0 Å². The lowest BCUT2D eigenvalue weighted by Crippen LogP contribution is -2.29. The van der Waals surface area contributed by atoms with E-state index in [4.69, 9.17) is 9.47 Å². The van der Waals surface area contributed by atoms with Crippen molar-refractivity contribution in [2.75, 3.05) is 20.8 Å². The highest BCUT2D eigenvalue weighted by Gasteiger charge is 2.34. The maximum atomic E-state index is 12.8. The zero-order valence-electron chi connectivity index (χ0n) is 17.1. The second-order valence-corrected chi connectivity index (χ2v) is 9.04. The number of nitrogens with zero attached hydrogens (tertiary/aromatic N) is 2. The van der Waals surface area contributed by atoms with Crippen LogP contribution in [0.2, 0.25) is 0 Å². The number of sulfonamides is 1. The van der Waals surface area contributed by atoms with Crippen LogP contribution < -0.4 is 9.47 Å². The summed E-state index contributed by atoms with van der Waals surface area (Å²) in [5, 5.41) is 0.127. The van der Waals surface area contributed by atoms with Crippen molar-refractivity contribution < 1.29 is 22.7 Å². The van der Waals surface area contributed by atoms with Gasteiger partial charge in [-0.15, -0.1) is 4.40 Å². The first-order valence-corrected chi connectivity index (χ1v) is 11.4. The van der Waals surface area contributed by atoms with Crippen LogP contribution in [0.5, 0.6) is 11.5 Å². The third kappa shape index (κ3) is 4.52. The molecule has 1 fully saturated rings. The summed E-state index contributed by atoms with van der Waals surface area (Å²) in [5.74, 6) is 0.857. The molecule has 158 valence electrons. The molecule has 0 N–H and O–H groups in total. The van der Waals surface area contributed by atoms with E-state index in [0.29, 0.717) is 28.5 Å². The summed E-state index contributed by atoms with van der Waals surface area (Å²) in [4.78, 5) is 14.6. The van der Waals surface area contributed by atoms with Gasteiger partial charge in [0.15, 0.2) is 5.17 Å². The van der Waals surface area contributed by atoms with E-state index in [9.17, 15) is 13.2 Å². The fourth-order valence-corrected chi connectivity index (χ4v) is 5.03. The third-order valence-corrected chi connectivity index (χ3v) is 6.85. The average molecular weight is 447 g/mol. The highest BCUT2D eigenvalue weighted by molar-refractivity contribution is 8.19. The largest absolute Gasteiger partial charge is 0.497 e. The molecule has 2 aromatic rings. The van der Waals surface area contributed by atoms with E-state index in [1.807, 2.05) is 6.92 Å². The molecule has 0 atom stereocenters. The van der Waals surface area contributed by atoms with Crippen LogP contribution in [0, 0.1) is 6.92 Å². The lowest BCUT2D eigenvalue weighted by molar-refractivity contribution is -0.122. The quantitative estimate of drug-likeness (QED) is 0.629. The maximum Gasteiger partial charge on any atom is 0.284 e. The minimum Gasteiger partial charge on any atom is -0.497 e. The van der Waals surface area contributed by atoms with Gasteiger partial charge in [-0.05, 0) is 56.0 Å². The molecule has 0 unspecified atom stereocenters. The highest BCUT2D eigenvalue weighted by Crippen LogP contribution is 2.36. The normalized spacial score (nSPS) is 17.1. The Morgan fingerprint density at radius 1 is 1.10 bits per heavy atom. The monoisotopic (exact) mass is 446 g/mol. The minimum atomic E-state index is -3.94. The summed E-state index contributed by atoms with van der Waals surface area (Å²) < 4.78 is 39.9. The van der Waals surface area contributed by atoms with Gasteiger partial charge in [0, 0.05) is 18.2 Å². The van der Waals surface area contributed by atoms with Gasteiger partial charge in [-0.2, -0.15) is 8.42 Å². The Bertz CT molecular complexity index is 1120. The van der Waals surface area contributed by atoms with Crippen molar-refractivity contribution in [1.82, 2.24) is 4.90 Å². The first-order valence-electron chi connectivity index (χ1n) is 9.14. The summed E-state index contributed by atoms with van der Waals surface area (Å²) in [5.41, 5.74) is 1.62. The van der Waals surface area contributed by atoms with Crippen molar-refractivity contribution in [1.29, 1.82) is 0 Å². The Labute approximate surface area is 180 Å². The Morgan fingerprint density at radius 2 is 1.80 bits per heavy atom. The fourth-order valence-electron chi connectivity index (χ4n) is 2.80. The number of carbonyl (C=O) groups is 1.